The minimum Gasteiger partial charge on any atom is -0.507 e. The maximum atomic E-state index is 13.1. The van der Waals surface area contributed by atoms with E-state index in [1.54, 1.807) is 29.2 Å². The number of ketones is 1. The van der Waals surface area contributed by atoms with E-state index in [1.807, 2.05) is 45.0 Å². The van der Waals surface area contributed by atoms with E-state index in [1.165, 1.54) is 5.56 Å². The van der Waals surface area contributed by atoms with Crippen molar-refractivity contribution in [3.8, 4) is 5.75 Å². The van der Waals surface area contributed by atoms with Crippen molar-refractivity contribution in [1.29, 1.82) is 0 Å². The van der Waals surface area contributed by atoms with E-state index >= 15 is 0 Å². The minimum atomic E-state index is -0.647. The molecule has 1 unspecified atom stereocenters. The molecule has 0 aromatic heterocycles. The lowest BCUT2D eigenvalue weighted by molar-refractivity contribution is -0.139. The number of carbonyl (C=O) groups excluding carboxylic acids is 2. The lowest BCUT2D eigenvalue weighted by atomic mass is 9.93. The van der Waals surface area contributed by atoms with Gasteiger partial charge in [0.1, 0.15) is 11.5 Å². The Morgan fingerprint density at radius 2 is 1.75 bits per heavy atom. The number of aliphatic hydroxyl groups is 1. The van der Waals surface area contributed by atoms with Gasteiger partial charge in [-0.3, -0.25) is 9.59 Å². The van der Waals surface area contributed by atoms with Crippen molar-refractivity contribution in [3.63, 3.8) is 0 Å². The molecule has 1 fully saturated rings. The fourth-order valence-electron chi connectivity index (χ4n) is 3.99. The maximum absolute atomic E-state index is 13.1. The number of likely N-dealkylation sites (tertiary alicyclic amines) is 1. The number of aliphatic hydroxyl groups excluding tert-OH is 1. The van der Waals surface area contributed by atoms with Crippen molar-refractivity contribution >= 4 is 17.4 Å². The Morgan fingerprint density at radius 1 is 1.06 bits per heavy atom. The highest BCUT2D eigenvalue weighted by atomic mass is 16.5. The monoisotopic (exact) mass is 435 g/mol. The molecule has 170 valence electrons. The highest BCUT2D eigenvalue weighted by Crippen LogP contribution is 2.40. The number of ether oxygens (including phenoxy) is 1. The second kappa shape index (κ2) is 10.0. The highest BCUT2D eigenvalue weighted by Gasteiger charge is 2.45. The fraction of sp³-hybridized carbons (Fsp3) is 0.407. The van der Waals surface area contributed by atoms with E-state index < -0.39 is 17.7 Å². The molecule has 0 bridgehead atoms. The molecule has 1 amide bonds. The van der Waals surface area contributed by atoms with Crippen LogP contribution >= 0.6 is 0 Å². The van der Waals surface area contributed by atoms with Crippen molar-refractivity contribution in [1.82, 2.24) is 4.90 Å². The summed E-state index contributed by atoms with van der Waals surface area (Å²) in [5.74, 6) is -0.407. The molecule has 0 spiro atoms. The second-order valence-corrected chi connectivity index (χ2v) is 8.86. The van der Waals surface area contributed by atoms with Gasteiger partial charge in [0.05, 0.1) is 17.7 Å². The smallest absolute Gasteiger partial charge is 0.295 e. The minimum absolute atomic E-state index is 0.0218. The molecule has 0 aliphatic carbocycles. The average molecular weight is 436 g/mol. The van der Waals surface area contributed by atoms with Crippen LogP contribution in [0.3, 0.4) is 0 Å². The number of carbonyl (C=O) groups is 2. The Hall–Kier alpha value is -3.08. The summed E-state index contributed by atoms with van der Waals surface area (Å²) in [4.78, 5) is 27.6. The zero-order valence-corrected chi connectivity index (χ0v) is 19.6. The third-order valence-electron chi connectivity index (χ3n) is 5.69. The summed E-state index contributed by atoms with van der Waals surface area (Å²) >= 11 is 0. The van der Waals surface area contributed by atoms with E-state index in [-0.39, 0.29) is 17.4 Å². The molecule has 1 atom stereocenters. The van der Waals surface area contributed by atoms with Crippen LogP contribution in [0.5, 0.6) is 5.75 Å². The van der Waals surface area contributed by atoms with Gasteiger partial charge in [0.25, 0.3) is 11.7 Å². The van der Waals surface area contributed by atoms with Gasteiger partial charge in [0.2, 0.25) is 0 Å². The number of unbranched alkanes of at least 4 members (excludes halogenated alkanes) is 1. The quantitative estimate of drug-likeness (QED) is 0.322. The molecule has 32 heavy (non-hydrogen) atoms. The first-order valence-corrected chi connectivity index (χ1v) is 11.4. The summed E-state index contributed by atoms with van der Waals surface area (Å²) in [6.45, 7) is 10.6. The summed E-state index contributed by atoms with van der Waals surface area (Å²) in [5, 5.41) is 11.2. The normalized spacial score (nSPS) is 18.1. The molecule has 1 aliphatic heterocycles. The van der Waals surface area contributed by atoms with Gasteiger partial charge < -0.3 is 14.7 Å². The Kier molecular flexibility index (Phi) is 7.39. The van der Waals surface area contributed by atoms with Crippen LogP contribution < -0.4 is 4.74 Å². The SMILES string of the molecule is CCCCN1C(=O)C(=O)/C(=C(\O)c2cccc(OC(C)C)c2)C1c1ccc(C(C)C)cc1. The molecular formula is C27H33NO4. The first-order valence-electron chi connectivity index (χ1n) is 11.4. The topological polar surface area (TPSA) is 66.8 Å². The Morgan fingerprint density at radius 3 is 2.34 bits per heavy atom. The van der Waals surface area contributed by atoms with Crippen molar-refractivity contribution in [3.05, 3.63) is 70.8 Å². The predicted molar refractivity (Wildman–Crippen MR) is 127 cm³/mol. The summed E-state index contributed by atoms with van der Waals surface area (Å²) < 4.78 is 5.74. The van der Waals surface area contributed by atoms with Crippen molar-refractivity contribution in [2.24, 2.45) is 0 Å². The Balaban J connectivity index is 2.11. The first kappa shape index (κ1) is 23.6. The van der Waals surface area contributed by atoms with Gasteiger partial charge in [-0.2, -0.15) is 0 Å². The van der Waals surface area contributed by atoms with Crippen molar-refractivity contribution in [2.75, 3.05) is 6.54 Å². The van der Waals surface area contributed by atoms with Gasteiger partial charge in [-0.1, -0.05) is 63.6 Å². The van der Waals surface area contributed by atoms with E-state index in [0.29, 0.717) is 23.8 Å². The van der Waals surface area contributed by atoms with Crippen LogP contribution in [0.25, 0.3) is 5.76 Å². The summed E-state index contributed by atoms with van der Waals surface area (Å²) in [7, 11) is 0. The third kappa shape index (κ3) is 4.87. The van der Waals surface area contributed by atoms with Gasteiger partial charge in [-0.15, -0.1) is 0 Å². The molecule has 0 saturated carbocycles. The van der Waals surface area contributed by atoms with Gasteiger partial charge in [0.15, 0.2) is 0 Å². The number of benzene rings is 2. The molecule has 5 heteroatoms. The van der Waals surface area contributed by atoms with E-state index in [9.17, 15) is 14.7 Å². The van der Waals surface area contributed by atoms with Crippen molar-refractivity contribution in [2.45, 2.75) is 65.5 Å². The molecule has 1 aliphatic rings. The molecule has 2 aromatic rings. The standard InChI is InChI=1S/C27H33NO4/c1-6-7-15-28-24(20-13-11-19(12-14-20)17(2)3)23(26(30)27(28)31)25(29)21-9-8-10-22(16-21)32-18(4)5/h8-14,16-18,24,29H,6-7,15H2,1-5H3/b25-23-. The van der Waals surface area contributed by atoms with Gasteiger partial charge in [-0.05, 0) is 49.4 Å². The zero-order chi connectivity index (χ0) is 23.4. The fourth-order valence-corrected chi connectivity index (χ4v) is 3.99. The van der Waals surface area contributed by atoms with Crippen LogP contribution in [-0.2, 0) is 9.59 Å². The zero-order valence-electron chi connectivity index (χ0n) is 19.6. The van der Waals surface area contributed by atoms with Crippen LogP contribution in [0.15, 0.2) is 54.1 Å². The number of Topliss-reactive ketones (excluding diaryl/α,β-unsaturated/α-hetero) is 1. The van der Waals surface area contributed by atoms with Gasteiger partial charge >= 0.3 is 0 Å². The number of amides is 1. The lowest BCUT2D eigenvalue weighted by Crippen LogP contribution is -2.30. The number of hydrogen-bond donors (Lipinski definition) is 1. The molecule has 1 N–H and O–H groups in total. The number of nitrogens with zero attached hydrogens (tertiary/aromatic N) is 1. The van der Waals surface area contributed by atoms with Gasteiger partial charge in [0, 0.05) is 12.1 Å². The van der Waals surface area contributed by atoms with Crippen LogP contribution in [0, 0.1) is 0 Å². The largest absolute Gasteiger partial charge is 0.507 e. The second-order valence-electron chi connectivity index (χ2n) is 8.86. The van der Waals surface area contributed by atoms with E-state index in [4.69, 9.17) is 4.74 Å². The lowest BCUT2D eigenvalue weighted by Gasteiger charge is -2.25. The van der Waals surface area contributed by atoms with Gasteiger partial charge in [-0.25, -0.2) is 0 Å². The van der Waals surface area contributed by atoms with Crippen LogP contribution in [0.4, 0.5) is 0 Å². The average Bonchev–Trinajstić information content (AvgIpc) is 3.01. The van der Waals surface area contributed by atoms with Crippen molar-refractivity contribution < 1.29 is 19.4 Å². The summed E-state index contributed by atoms with van der Waals surface area (Å²) in [6.07, 6.45) is 1.66. The Labute approximate surface area is 190 Å². The van der Waals surface area contributed by atoms with E-state index in [2.05, 4.69) is 13.8 Å². The maximum Gasteiger partial charge on any atom is 0.295 e. The summed E-state index contributed by atoms with van der Waals surface area (Å²) in [6, 6.07) is 14.3. The first-order chi connectivity index (χ1) is 15.2. The number of rotatable bonds is 8. The molecule has 3 rings (SSSR count). The van der Waals surface area contributed by atoms with Crippen LogP contribution in [0.2, 0.25) is 0 Å². The van der Waals surface area contributed by atoms with Crippen LogP contribution in [-0.4, -0.2) is 34.3 Å². The molecule has 1 heterocycles. The predicted octanol–water partition coefficient (Wildman–Crippen LogP) is 5.82. The molecule has 0 radical (unpaired) electrons. The summed E-state index contributed by atoms with van der Waals surface area (Å²) in [5.41, 5.74) is 2.59. The van der Waals surface area contributed by atoms with E-state index in [0.717, 1.165) is 18.4 Å². The highest BCUT2D eigenvalue weighted by molar-refractivity contribution is 6.46. The number of hydrogen-bond acceptors (Lipinski definition) is 4. The molecule has 1 saturated heterocycles. The molecule has 5 nitrogen and oxygen atoms in total. The third-order valence-corrected chi connectivity index (χ3v) is 5.69. The molecular weight excluding hydrogens is 402 g/mol. The molecule has 2 aromatic carbocycles. The Bertz CT molecular complexity index is 1000. The van der Waals surface area contributed by atoms with Crippen LogP contribution in [0.1, 0.15) is 76.1 Å².